The molecule has 0 bridgehead atoms. The minimum atomic E-state index is -0.634. The Balaban J connectivity index is 1.68. The van der Waals surface area contributed by atoms with Gasteiger partial charge in [-0.3, -0.25) is 9.36 Å². The maximum absolute atomic E-state index is 13.8. The fraction of sp³-hybridized carbons (Fsp3) is 0.207. The lowest BCUT2D eigenvalue weighted by atomic mass is 9.96. The van der Waals surface area contributed by atoms with Gasteiger partial charge in [0.15, 0.2) is 4.80 Å². The van der Waals surface area contributed by atoms with Gasteiger partial charge in [-0.15, -0.1) is 0 Å². The van der Waals surface area contributed by atoms with E-state index in [4.69, 9.17) is 4.74 Å². The molecule has 1 aliphatic rings. The molecule has 0 radical (unpaired) electrons. The van der Waals surface area contributed by atoms with Crippen molar-refractivity contribution in [2.24, 2.45) is 4.99 Å². The van der Waals surface area contributed by atoms with E-state index in [0.717, 1.165) is 28.2 Å². The number of allylic oxidation sites excluding steroid dienone is 1. The number of halogens is 1. The van der Waals surface area contributed by atoms with Crippen LogP contribution in [0.2, 0.25) is 0 Å². The molecule has 37 heavy (non-hydrogen) atoms. The number of carbonyl (C=O) groups is 1. The largest absolute Gasteiger partial charge is 0.463 e. The first-order valence-corrected chi connectivity index (χ1v) is 12.8. The molecule has 0 fully saturated rings. The van der Waals surface area contributed by atoms with Crippen LogP contribution in [-0.2, 0) is 9.53 Å². The van der Waals surface area contributed by atoms with Crippen molar-refractivity contribution in [3.63, 3.8) is 0 Å². The smallest absolute Gasteiger partial charge is 0.338 e. The summed E-state index contributed by atoms with van der Waals surface area (Å²) in [6.45, 7) is 7.69. The van der Waals surface area contributed by atoms with Gasteiger partial charge in [0.25, 0.3) is 5.56 Å². The van der Waals surface area contributed by atoms with Crippen molar-refractivity contribution in [1.82, 2.24) is 9.13 Å². The fourth-order valence-corrected chi connectivity index (χ4v) is 5.84. The van der Waals surface area contributed by atoms with Gasteiger partial charge in [-0.2, -0.15) is 0 Å². The number of rotatable bonds is 5. The van der Waals surface area contributed by atoms with Crippen molar-refractivity contribution in [3.05, 3.63) is 120 Å². The Kier molecular flexibility index (Phi) is 6.52. The Morgan fingerprint density at radius 1 is 1.11 bits per heavy atom. The summed E-state index contributed by atoms with van der Waals surface area (Å²) in [7, 11) is 0. The Morgan fingerprint density at radius 3 is 2.49 bits per heavy atom. The quantitative estimate of drug-likeness (QED) is 0.372. The minimum absolute atomic E-state index is 0.224. The van der Waals surface area contributed by atoms with E-state index in [1.54, 1.807) is 30.5 Å². The number of esters is 1. The topological polar surface area (TPSA) is 65.6 Å². The van der Waals surface area contributed by atoms with Gasteiger partial charge in [0.05, 0.1) is 28.5 Å². The van der Waals surface area contributed by atoms with E-state index in [2.05, 4.69) is 4.99 Å². The van der Waals surface area contributed by atoms with Gasteiger partial charge in [0.1, 0.15) is 5.82 Å². The third-order valence-corrected chi connectivity index (χ3v) is 7.46. The molecular formula is C29H26FN3O3S. The van der Waals surface area contributed by atoms with Gasteiger partial charge in [0, 0.05) is 17.1 Å². The maximum atomic E-state index is 13.8. The van der Waals surface area contributed by atoms with Crippen LogP contribution in [-0.4, -0.2) is 21.7 Å². The molecule has 1 atom stereocenters. The number of carbonyl (C=O) groups excluding carboxylic acids is 1. The summed E-state index contributed by atoms with van der Waals surface area (Å²) in [4.78, 5) is 31.9. The van der Waals surface area contributed by atoms with Gasteiger partial charge in [-0.1, -0.05) is 41.7 Å². The van der Waals surface area contributed by atoms with E-state index in [1.165, 1.54) is 23.5 Å². The monoisotopic (exact) mass is 515 g/mol. The molecule has 0 N–H and O–H groups in total. The first kappa shape index (κ1) is 24.6. The lowest BCUT2D eigenvalue weighted by Crippen LogP contribution is -2.39. The van der Waals surface area contributed by atoms with Crippen LogP contribution >= 0.6 is 11.3 Å². The predicted octanol–water partition coefficient (Wildman–Crippen LogP) is 4.34. The van der Waals surface area contributed by atoms with E-state index >= 15 is 0 Å². The molecular weight excluding hydrogens is 489 g/mol. The molecule has 0 saturated carbocycles. The molecule has 1 unspecified atom stereocenters. The summed E-state index contributed by atoms with van der Waals surface area (Å²) < 4.78 is 22.9. The normalized spacial score (nSPS) is 15.5. The highest BCUT2D eigenvalue weighted by Gasteiger charge is 2.33. The molecule has 0 spiro atoms. The first-order valence-electron chi connectivity index (χ1n) is 12.0. The molecule has 4 aromatic rings. The van der Waals surface area contributed by atoms with E-state index in [-0.39, 0.29) is 18.0 Å². The van der Waals surface area contributed by atoms with Crippen LogP contribution in [0.1, 0.15) is 42.4 Å². The Morgan fingerprint density at radius 2 is 1.81 bits per heavy atom. The van der Waals surface area contributed by atoms with Crippen molar-refractivity contribution in [2.75, 3.05) is 6.61 Å². The van der Waals surface area contributed by atoms with Gasteiger partial charge in [-0.05, 0) is 75.2 Å². The number of benzene rings is 2. The highest BCUT2D eigenvalue weighted by Crippen LogP contribution is 2.30. The van der Waals surface area contributed by atoms with Crippen molar-refractivity contribution in [3.8, 4) is 5.69 Å². The third kappa shape index (κ3) is 4.38. The summed E-state index contributed by atoms with van der Waals surface area (Å²) in [5, 5.41) is 0. The summed E-state index contributed by atoms with van der Waals surface area (Å²) in [6.07, 6.45) is 1.86. The second-order valence-electron chi connectivity index (χ2n) is 8.85. The second kappa shape index (κ2) is 9.78. The zero-order valence-corrected chi connectivity index (χ0v) is 21.8. The molecule has 6 nitrogen and oxygen atoms in total. The number of ether oxygens (including phenoxy) is 1. The van der Waals surface area contributed by atoms with Crippen LogP contribution in [0.3, 0.4) is 0 Å². The average molecular weight is 516 g/mol. The van der Waals surface area contributed by atoms with Gasteiger partial charge in [-0.25, -0.2) is 14.2 Å². The number of aryl methyl sites for hydroxylation is 1. The van der Waals surface area contributed by atoms with Gasteiger partial charge in [0.2, 0.25) is 0 Å². The molecule has 3 heterocycles. The molecule has 8 heteroatoms. The number of hydrogen-bond acceptors (Lipinski definition) is 5. The second-order valence-corrected chi connectivity index (χ2v) is 9.86. The Labute approximate surface area is 217 Å². The summed E-state index contributed by atoms with van der Waals surface area (Å²) in [5.74, 6) is -0.771. The van der Waals surface area contributed by atoms with Crippen molar-refractivity contribution < 1.29 is 13.9 Å². The summed E-state index contributed by atoms with van der Waals surface area (Å²) in [6, 6.07) is 17.1. The van der Waals surface area contributed by atoms with E-state index in [0.29, 0.717) is 20.6 Å². The zero-order chi connectivity index (χ0) is 26.3. The molecule has 5 rings (SSSR count). The Hall–Kier alpha value is -4.04. The molecule has 0 saturated heterocycles. The van der Waals surface area contributed by atoms with Crippen molar-refractivity contribution in [2.45, 2.75) is 33.7 Å². The molecule has 2 aromatic carbocycles. The first-order chi connectivity index (χ1) is 17.8. The molecule has 0 aliphatic carbocycles. The average Bonchev–Trinajstić information content (AvgIpc) is 3.33. The van der Waals surface area contributed by atoms with Crippen LogP contribution in [0, 0.1) is 19.7 Å². The lowest BCUT2D eigenvalue weighted by Gasteiger charge is -2.24. The highest BCUT2D eigenvalue weighted by molar-refractivity contribution is 7.07. The van der Waals surface area contributed by atoms with E-state index in [9.17, 15) is 14.0 Å². The number of thiazole rings is 1. The predicted molar refractivity (Wildman–Crippen MR) is 142 cm³/mol. The number of aromatic nitrogens is 2. The molecule has 2 aromatic heterocycles. The van der Waals surface area contributed by atoms with E-state index in [1.807, 2.05) is 60.9 Å². The molecule has 0 amide bonds. The fourth-order valence-electron chi connectivity index (χ4n) is 4.80. The van der Waals surface area contributed by atoms with Crippen molar-refractivity contribution >= 4 is 23.4 Å². The zero-order valence-electron chi connectivity index (χ0n) is 21.0. The van der Waals surface area contributed by atoms with Crippen LogP contribution < -0.4 is 14.9 Å². The minimum Gasteiger partial charge on any atom is -0.463 e. The number of hydrogen-bond donors (Lipinski definition) is 0. The van der Waals surface area contributed by atoms with Crippen LogP contribution in [0.25, 0.3) is 11.8 Å². The third-order valence-electron chi connectivity index (χ3n) is 6.47. The van der Waals surface area contributed by atoms with Gasteiger partial charge < -0.3 is 9.30 Å². The van der Waals surface area contributed by atoms with Crippen LogP contribution in [0.4, 0.5) is 4.39 Å². The van der Waals surface area contributed by atoms with Crippen LogP contribution in [0.15, 0.2) is 81.7 Å². The summed E-state index contributed by atoms with van der Waals surface area (Å²) in [5.41, 5.74) is 5.10. The maximum Gasteiger partial charge on any atom is 0.338 e. The van der Waals surface area contributed by atoms with Gasteiger partial charge >= 0.3 is 5.97 Å². The SMILES string of the molecule is CCOC(=O)C1=C(C)N=c2sc(=Cc3cc(C)n(-c4ccc(F)cc4)c3C)c(=O)n2C1c1ccccc1. The number of nitrogens with zero attached hydrogens (tertiary/aromatic N) is 3. The van der Waals surface area contributed by atoms with Crippen LogP contribution in [0.5, 0.6) is 0 Å². The Bertz CT molecular complexity index is 1710. The summed E-state index contributed by atoms with van der Waals surface area (Å²) >= 11 is 1.29. The number of fused-ring (bicyclic) bond motifs is 1. The van der Waals surface area contributed by atoms with E-state index < -0.39 is 12.0 Å². The lowest BCUT2D eigenvalue weighted by molar-refractivity contribution is -0.139. The molecule has 188 valence electrons. The highest BCUT2D eigenvalue weighted by atomic mass is 32.1. The standard InChI is InChI=1S/C29H26FN3O3S/c1-5-36-28(35)25-18(3)31-29-33(26(25)20-9-7-6-8-10-20)27(34)24(37-29)16-21-15-17(2)32(19(21)4)23-13-11-22(30)12-14-23/h6-16,26H,5H2,1-4H3. The molecule has 1 aliphatic heterocycles. The van der Waals surface area contributed by atoms with Crippen molar-refractivity contribution in [1.29, 1.82) is 0 Å².